The van der Waals surface area contributed by atoms with Crippen molar-refractivity contribution in [1.82, 2.24) is 14.6 Å². The number of carbonyl (C=O) groups is 1. The third kappa shape index (κ3) is 1.22. The van der Waals surface area contributed by atoms with Gasteiger partial charge in [-0.1, -0.05) is 0 Å². The summed E-state index contributed by atoms with van der Waals surface area (Å²) < 4.78 is 1.12. The van der Waals surface area contributed by atoms with E-state index in [0.29, 0.717) is 11.3 Å². The molecule has 2 rings (SSSR count). The summed E-state index contributed by atoms with van der Waals surface area (Å²) in [7, 11) is 0. The number of hydrogen-bond donors (Lipinski definition) is 1. The first-order chi connectivity index (χ1) is 7.56. The number of aromatic nitrogens is 3. The molecule has 0 aromatic carbocycles. The molecule has 1 N–H and O–H groups in total. The van der Waals surface area contributed by atoms with Crippen molar-refractivity contribution in [3.8, 4) is 6.07 Å². The maximum absolute atomic E-state index is 11.7. The molecule has 0 bridgehead atoms. The zero-order chi connectivity index (χ0) is 11.9. The van der Waals surface area contributed by atoms with Crippen LogP contribution in [0.15, 0.2) is 11.0 Å². The van der Waals surface area contributed by atoms with Gasteiger partial charge < -0.3 is 0 Å². The van der Waals surface area contributed by atoms with Gasteiger partial charge in [-0.25, -0.2) is 4.98 Å². The largest absolute Gasteiger partial charge is 0.294 e. The number of nitrogens with zero attached hydrogens (tertiary/aromatic N) is 3. The minimum atomic E-state index is -0.497. The lowest BCUT2D eigenvalue weighted by Gasteiger charge is -1.93. The highest BCUT2D eigenvalue weighted by molar-refractivity contribution is 6.00. The predicted octanol–water partition coefficient (Wildman–Crippen LogP) is 0.405. The predicted molar refractivity (Wildman–Crippen MR) is 55.3 cm³/mol. The molecular formula is C10H8N4O2. The number of aromatic amines is 1. The molecule has 80 valence electrons. The second kappa shape index (κ2) is 3.31. The summed E-state index contributed by atoms with van der Waals surface area (Å²) in [4.78, 5) is 27.0. The molecule has 0 aliphatic heterocycles. The maximum Gasteiger partial charge on any atom is 0.290 e. The fourth-order valence-corrected chi connectivity index (χ4v) is 1.62. The van der Waals surface area contributed by atoms with Gasteiger partial charge in [-0.05, 0) is 13.8 Å². The number of nitrogens with one attached hydrogen (secondary N) is 1. The Morgan fingerprint density at radius 3 is 2.88 bits per heavy atom. The summed E-state index contributed by atoms with van der Waals surface area (Å²) in [5.41, 5.74) is 0.639. The van der Waals surface area contributed by atoms with Gasteiger partial charge >= 0.3 is 0 Å². The number of Topliss-reactive ketones (excluding diaryl/α,β-unsaturated/α-hetero) is 1. The van der Waals surface area contributed by atoms with Gasteiger partial charge in [-0.3, -0.25) is 14.7 Å². The van der Waals surface area contributed by atoms with E-state index in [1.165, 1.54) is 13.1 Å². The fourth-order valence-electron chi connectivity index (χ4n) is 1.62. The number of H-pyrrole nitrogens is 1. The van der Waals surface area contributed by atoms with Crippen LogP contribution < -0.4 is 5.56 Å². The van der Waals surface area contributed by atoms with Gasteiger partial charge in [0.2, 0.25) is 0 Å². The third-order valence-corrected chi connectivity index (χ3v) is 2.31. The Morgan fingerprint density at radius 2 is 2.31 bits per heavy atom. The summed E-state index contributed by atoms with van der Waals surface area (Å²) in [5.74, 6) is -0.173. The van der Waals surface area contributed by atoms with Crippen LogP contribution in [0, 0.1) is 18.3 Å². The van der Waals surface area contributed by atoms with Gasteiger partial charge in [-0.15, -0.1) is 0 Å². The van der Waals surface area contributed by atoms with Crippen LogP contribution in [-0.2, 0) is 0 Å². The molecule has 2 aromatic rings. The van der Waals surface area contributed by atoms with E-state index in [1.807, 2.05) is 0 Å². The van der Waals surface area contributed by atoms with E-state index in [4.69, 9.17) is 5.26 Å². The van der Waals surface area contributed by atoms with Gasteiger partial charge in [0.25, 0.3) is 5.56 Å². The van der Waals surface area contributed by atoms with Gasteiger partial charge in [0.05, 0.1) is 11.8 Å². The molecule has 0 saturated heterocycles. The van der Waals surface area contributed by atoms with Crippen molar-refractivity contribution in [3.63, 3.8) is 0 Å². The zero-order valence-corrected chi connectivity index (χ0v) is 8.74. The van der Waals surface area contributed by atoms with E-state index in [2.05, 4.69) is 10.1 Å². The van der Waals surface area contributed by atoms with Crippen LogP contribution in [0.2, 0.25) is 0 Å². The van der Waals surface area contributed by atoms with Gasteiger partial charge in [0.1, 0.15) is 11.6 Å². The van der Waals surface area contributed by atoms with E-state index in [-0.39, 0.29) is 17.0 Å². The molecule has 0 spiro atoms. The molecule has 2 heterocycles. The number of aryl methyl sites for hydroxylation is 1. The first-order valence-corrected chi connectivity index (χ1v) is 4.57. The minimum absolute atomic E-state index is 0.0612. The lowest BCUT2D eigenvalue weighted by Crippen LogP contribution is -2.18. The molecule has 6 nitrogen and oxygen atoms in total. The molecule has 0 fully saturated rings. The van der Waals surface area contributed by atoms with Gasteiger partial charge in [-0.2, -0.15) is 9.78 Å². The number of fused-ring (bicyclic) bond motifs is 1. The number of ketones is 1. The van der Waals surface area contributed by atoms with Crippen LogP contribution >= 0.6 is 0 Å². The summed E-state index contributed by atoms with van der Waals surface area (Å²) in [6.07, 6.45) is 1.18. The Bertz CT molecular complexity index is 687. The highest BCUT2D eigenvalue weighted by Gasteiger charge is 2.16. The van der Waals surface area contributed by atoms with Crippen LogP contribution in [0.5, 0.6) is 0 Å². The molecule has 0 aliphatic carbocycles. The van der Waals surface area contributed by atoms with Gasteiger partial charge in [0, 0.05) is 5.69 Å². The molecule has 0 radical (unpaired) electrons. The average Bonchev–Trinajstić information content (AvgIpc) is 2.56. The van der Waals surface area contributed by atoms with Crippen LogP contribution in [0.3, 0.4) is 0 Å². The molecule has 16 heavy (non-hydrogen) atoms. The van der Waals surface area contributed by atoms with Crippen molar-refractivity contribution >= 4 is 11.4 Å². The Hall–Kier alpha value is -2.42. The summed E-state index contributed by atoms with van der Waals surface area (Å²) >= 11 is 0. The normalized spacial score (nSPS) is 10.3. The first kappa shape index (κ1) is 10.1. The van der Waals surface area contributed by atoms with Crippen molar-refractivity contribution in [2.45, 2.75) is 13.8 Å². The van der Waals surface area contributed by atoms with Crippen LogP contribution in [0.25, 0.3) is 5.65 Å². The number of carbonyl (C=O) groups excluding carboxylic acids is 1. The molecule has 6 heteroatoms. The maximum atomic E-state index is 11.7. The topological polar surface area (TPSA) is 91.0 Å². The summed E-state index contributed by atoms with van der Waals surface area (Å²) in [6, 6.07) is 1.74. The Morgan fingerprint density at radius 1 is 1.62 bits per heavy atom. The molecule has 0 unspecified atom stereocenters. The van der Waals surface area contributed by atoms with Crippen molar-refractivity contribution in [2.24, 2.45) is 0 Å². The summed E-state index contributed by atoms with van der Waals surface area (Å²) in [6.45, 7) is 3.08. The highest BCUT2D eigenvalue weighted by atomic mass is 16.1. The van der Waals surface area contributed by atoms with Crippen molar-refractivity contribution < 1.29 is 4.79 Å². The first-order valence-electron chi connectivity index (χ1n) is 4.57. The van der Waals surface area contributed by atoms with E-state index >= 15 is 0 Å². The summed E-state index contributed by atoms with van der Waals surface area (Å²) in [5, 5.41) is 11.4. The van der Waals surface area contributed by atoms with Crippen LogP contribution in [0.1, 0.15) is 28.5 Å². The average molecular weight is 216 g/mol. The Balaban J connectivity index is 2.97. The number of nitriles is 1. The monoisotopic (exact) mass is 216 g/mol. The minimum Gasteiger partial charge on any atom is -0.294 e. The lowest BCUT2D eigenvalue weighted by molar-refractivity contribution is 0.101. The lowest BCUT2D eigenvalue weighted by atomic mass is 10.2. The molecular weight excluding hydrogens is 208 g/mol. The standard InChI is InChI=1S/C10H8N4O2/c1-5-8(6(2)15)9-12-4-7(3-11)10(16)14(9)13-5/h4,13H,1-2H3. The van der Waals surface area contributed by atoms with Crippen molar-refractivity contribution in [2.75, 3.05) is 0 Å². The van der Waals surface area contributed by atoms with Crippen molar-refractivity contribution in [3.05, 3.63) is 33.4 Å². The number of rotatable bonds is 1. The van der Waals surface area contributed by atoms with Crippen molar-refractivity contribution in [1.29, 1.82) is 5.26 Å². The molecule has 0 amide bonds. The SMILES string of the molecule is CC(=O)c1c(C)[nH]n2c(=O)c(C#N)cnc12. The molecule has 2 aromatic heterocycles. The second-order valence-corrected chi connectivity index (χ2v) is 3.42. The molecule has 0 aliphatic rings. The smallest absolute Gasteiger partial charge is 0.290 e. The molecule has 0 atom stereocenters. The molecule has 0 saturated carbocycles. The van der Waals surface area contributed by atoms with E-state index in [9.17, 15) is 9.59 Å². The third-order valence-electron chi connectivity index (χ3n) is 2.31. The van der Waals surface area contributed by atoms with E-state index in [1.54, 1.807) is 13.0 Å². The highest BCUT2D eigenvalue weighted by Crippen LogP contribution is 2.11. The van der Waals surface area contributed by atoms with E-state index < -0.39 is 5.56 Å². The quantitative estimate of drug-likeness (QED) is 0.698. The Labute approximate surface area is 90.1 Å². The van der Waals surface area contributed by atoms with Crippen LogP contribution in [-0.4, -0.2) is 20.4 Å². The zero-order valence-electron chi connectivity index (χ0n) is 8.74. The number of hydrogen-bond acceptors (Lipinski definition) is 4. The van der Waals surface area contributed by atoms with E-state index in [0.717, 1.165) is 4.52 Å². The second-order valence-electron chi connectivity index (χ2n) is 3.42. The Kier molecular flexibility index (Phi) is 2.09. The fraction of sp³-hybridized carbons (Fsp3) is 0.200. The van der Waals surface area contributed by atoms with Crippen LogP contribution in [0.4, 0.5) is 0 Å². The van der Waals surface area contributed by atoms with Gasteiger partial charge in [0.15, 0.2) is 11.4 Å².